The largest absolute Gasteiger partial charge is 0.462 e. The highest BCUT2D eigenvalue weighted by Gasteiger charge is 2.23. The number of aromatic amines is 1. The number of H-pyrrole nitrogens is 1. The molecule has 27 heavy (non-hydrogen) atoms. The van der Waals surface area contributed by atoms with Gasteiger partial charge < -0.3 is 20.4 Å². The number of nitrogens with one attached hydrogen (secondary N) is 3. The minimum Gasteiger partial charge on any atom is -0.462 e. The molecule has 2 rings (SSSR count). The van der Waals surface area contributed by atoms with Crippen molar-refractivity contribution >= 4 is 23.5 Å². The number of esters is 1. The zero-order chi connectivity index (χ0) is 20.0. The molecular formula is C20H21N3O4. The Morgan fingerprint density at radius 2 is 1.89 bits per heavy atom. The van der Waals surface area contributed by atoms with E-state index in [0.29, 0.717) is 22.5 Å². The van der Waals surface area contributed by atoms with Crippen LogP contribution < -0.4 is 10.6 Å². The number of hydrogen-bond donors (Lipinski definition) is 3. The SMILES string of the molecule is C#CCNC(=O)c1ccccc1NC(=O)c1[nH]c(C)c(C(=O)OCC)c1C. The second-order valence-corrected chi connectivity index (χ2v) is 5.73. The number of amides is 2. The van der Waals surface area contributed by atoms with Crippen molar-refractivity contribution in [2.24, 2.45) is 0 Å². The molecule has 0 aliphatic carbocycles. The van der Waals surface area contributed by atoms with Gasteiger partial charge in [0.05, 0.1) is 30.0 Å². The van der Waals surface area contributed by atoms with Crippen molar-refractivity contribution in [1.29, 1.82) is 0 Å². The normalized spacial score (nSPS) is 10.0. The second kappa shape index (κ2) is 8.72. The van der Waals surface area contributed by atoms with Gasteiger partial charge in [0, 0.05) is 5.69 Å². The fourth-order valence-electron chi connectivity index (χ4n) is 2.69. The topological polar surface area (TPSA) is 100 Å². The molecule has 1 aromatic carbocycles. The zero-order valence-electron chi connectivity index (χ0n) is 15.4. The minimum absolute atomic E-state index is 0.0823. The van der Waals surface area contributed by atoms with E-state index in [2.05, 4.69) is 21.5 Å². The molecule has 0 saturated heterocycles. The Kier molecular flexibility index (Phi) is 6.39. The first-order chi connectivity index (χ1) is 12.9. The molecule has 0 bridgehead atoms. The Labute approximate surface area is 157 Å². The number of benzene rings is 1. The molecule has 0 aliphatic heterocycles. The lowest BCUT2D eigenvalue weighted by molar-refractivity contribution is 0.0524. The average molecular weight is 367 g/mol. The molecule has 140 valence electrons. The Morgan fingerprint density at radius 3 is 2.56 bits per heavy atom. The van der Waals surface area contributed by atoms with Gasteiger partial charge in [-0.3, -0.25) is 9.59 Å². The van der Waals surface area contributed by atoms with Gasteiger partial charge in [0.25, 0.3) is 11.8 Å². The third-order valence-electron chi connectivity index (χ3n) is 3.92. The van der Waals surface area contributed by atoms with Crippen LogP contribution in [0.25, 0.3) is 0 Å². The first-order valence-corrected chi connectivity index (χ1v) is 8.39. The molecule has 3 N–H and O–H groups in total. The van der Waals surface area contributed by atoms with Crippen molar-refractivity contribution in [2.45, 2.75) is 20.8 Å². The van der Waals surface area contributed by atoms with E-state index >= 15 is 0 Å². The van der Waals surface area contributed by atoms with Crippen molar-refractivity contribution < 1.29 is 19.1 Å². The summed E-state index contributed by atoms with van der Waals surface area (Å²) in [5, 5.41) is 5.26. The maximum Gasteiger partial charge on any atom is 0.340 e. The zero-order valence-corrected chi connectivity index (χ0v) is 15.4. The summed E-state index contributed by atoms with van der Waals surface area (Å²) >= 11 is 0. The van der Waals surface area contributed by atoms with Crippen LogP contribution in [0.5, 0.6) is 0 Å². The van der Waals surface area contributed by atoms with Gasteiger partial charge in [-0.15, -0.1) is 6.42 Å². The highest BCUT2D eigenvalue weighted by Crippen LogP contribution is 2.21. The molecule has 0 atom stereocenters. The van der Waals surface area contributed by atoms with E-state index in [1.807, 2.05) is 0 Å². The summed E-state index contributed by atoms with van der Waals surface area (Å²) in [6, 6.07) is 6.58. The summed E-state index contributed by atoms with van der Waals surface area (Å²) in [4.78, 5) is 39.9. The minimum atomic E-state index is -0.489. The summed E-state index contributed by atoms with van der Waals surface area (Å²) in [6.07, 6.45) is 5.15. The molecule has 7 nitrogen and oxygen atoms in total. The average Bonchev–Trinajstić information content (AvgIpc) is 2.94. The quantitative estimate of drug-likeness (QED) is 0.539. The van der Waals surface area contributed by atoms with Gasteiger partial charge in [0.15, 0.2) is 0 Å². The van der Waals surface area contributed by atoms with Crippen molar-refractivity contribution in [3.05, 3.63) is 52.3 Å². The lowest BCUT2D eigenvalue weighted by atomic mass is 10.1. The Bertz CT molecular complexity index is 922. The van der Waals surface area contributed by atoms with Crippen LogP contribution in [-0.4, -0.2) is 35.9 Å². The summed E-state index contributed by atoms with van der Waals surface area (Å²) < 4.78 is 5.03. The number of aryl methyl sites for hydroxylation is 1. The molecular weight excluding hydrogens is 346 g/mol. The predicted octanol–water partition coefficient (Wildman–Crippen LogP) is 2.42. The molecule has 7 heteroatoms. The molecule has 2 amide bonds. The lowest BCUT2D eigenvalue weighted by Gasteiger charge is -2.10. The Hall–Kier alpha value is -3.53. The Morgan fingerprint density at radius 1 is 1.19 bits per heavy atom. The number of ether oxygens (including phenoxy) is 1. The van der Waals surface area contributed by atoms with E-state index in [1.54, 1.807) is 45.0 Å². The highest BCUT2D eigenvalue weighted by molar-refractivity contribution is 6.10. The van der Waals surface area contributed by atoms with Crippen LogP contribution in [-0.2, 0) is 4.74 Å². The maximum atomic E-state index is 12.7. The first-order valence-electron chi connectivity index (χ1n) is 8.39. The van der Waals surface area contributed by atoms with Gasteiger partial charge in [-0.2, -0.15) is 0 Å². The number of anilines is 1. The summed E-state index contributed by atoms with van der Waals surface area (Å²) in [6.45, 7) is 5.39. The molecule has 2 aromatic rings. The monoisotopic (exact) mass is 367 g/mol. The van der Waals surface area contributed by atoms with Crippen molar-refractivity contribution in [3.63, 3.8) is 0 Å². The number of carbonyl (C=O) groups excluding carboxylic acids is 3. The first kappa shape index (κ1) is 19.8. The fraction of sp³-hybridized carbons (Fsp3) is 0.250. The van der Waals surface area contributed by atoms with Gasteiger partial charge >= 0.3 is 5.97 Å². The molecule has 0 aliphatic rings. The third-order valence-corrected chi connectivity index (χ3v) is 3.92. The van der Waals surface area contributed by atoms with Gasteiger partial charge in [-0.1, -0.05) is 18.1 Å². The van der Waals surface area contributed by atoms with Crippen LogP contribution in [0, 0.1) is 26.2 Å². The molecule has 0 fully saturated rings. The molecule has 0 saturated carbocycles. The van der Waals surface area contributed by atoms with Crippen molar-refractivity contribution in [2.75, 3.05) is 18.5 Å². The van der Waals surface area contributed by atoms with Gasteiger partial charge in [0.1, 0.15) is 5.69 Å². The lowest BCUT2D eigenvalue weighted by Crippen LogP contribution is -2.25. The van der Waals surface area contributed by atoms with Crippen LogP contribution in [0.3, 0.4) is 0 Å². The van der Waals surface area contributed by atoms with Crippen LogP contribution in [0.4, 0.5) is 5.69 Å². The highest BCUT2D eigenvalue weighted by atomic mass is 16.5. The van der Waals surface area contributed by atoms with Gasteiger partial charge in [-0.05, 0) is 38.5 Å². The third kappa shape index (κ3) is 4.36. The van der Waals surface area contributed by atoms with E-state index in [4.69, 9.17) is 11.2 Å². The van der Waals surface area contributed by atoms with E-state index in [1.165, 1.54) is 0 Å². The van der Waals surface area contributed by atoms with Crippen molar-refractivity contribution in [1.82, 2.24) is 10.3 Å². The van der Waals surface area contributed by atoms with Crippen LogP contribution in [0.15, 0.2) is 24.3 Å². The number of carbonyl (C=O) groups is 3. The summed E-state index contributed by atoms with van der Waals surface area (Å²) in [5.41, 5.74) is 2.21. The van der Waals surface area contributed by atoms with E-state index in [-0.39, 0.29) is 24.4 Å². The van der Waals surface area contributed by atoms with Gasteiger partial charge in [-0.25, -0.2) is 4.79 Å². The summed E-state index contributed by atoms with van der Waals surface area (Å²) in [7, 11) is 0. The maximum absolute atomic E-state index is 12.7. The molecule has 0 spiro atoms. The van der Waals surface area contributed by atoms with E-state index in [9.17, 15) is 14.4 Å². The second-order valence-electron chi connectivity index (χ2n) is 5.73. The molecule has 1 aromatic heterocycles. The number of terminal acetylenes is 1. The molecule has 0 unspecified atom stereocenters. The number of para-hydroxylation sites is 1. The molecule has 0 radical (unpaired) electrons. The fourth-order valence-corrected chi connectivity index (χ4v) is 2.69. The summed E-state index contributed by atoms with van der Waals surface area (Å²) in [5.74, 6) is 0.972. The standard InChI is InChI=1S/C20H21N3O4/c1-5-11-21-18(24)14-9-7-8-10-15(14)23-19(25)17-12(3)16(13(4)22-17)20(26)27-6-2/h1,7-10,22H,6,11H2,2-4H3,(H,21,24)(H,23,25). The smallest absolute Gasteiger partial charge is 0.340 e. The number of hydrogen-bond acceptors (Lipinski definition) is 4. The molecule has 1 heterocycles. The number of rotatable bonds is 6. The Balaban J connectivity index is 2.29. The van der Waals surface area contributed by atoms with Crippen LogP contribution in [0.2, 0.25) is 0 Å². The predicted molar refractivity (Wildman–Crippen MR) is 102 cm³/mol. The number of aromatic nitrogens is 1. The van der Waals surface area contributed by atoms with Crippen LogP contribution >= 0.6 is 0 Å². The van der Waals surface area contributed by atoms with Crippen LogP contribution in [0.1, 0.15) is 49.4 Å². The van der Waals surface area contributed by atoms with Gasteiger partial charge in [0.2, 0.25) is 0 Å². The van der Waals surface area contributed by atoms with E-state index in [0.717, 1.165) is 0 Å². The van der Waals surface area contributed by atoms with E-state index < -0.39 is 17.8 Å². The van der Waals surface area contributed by atoms with Crippen molar-refractivity contribution in [3.8, 4) is 12.3 Å².